The molecule has 3 atom stereocenters. The van der Waals surface area contributed by atoms with Crippen LogP contribution in [0.3, 0.4) is 0 Å². The molecule has 3 aromatic heterocycles. The number of anilines is 2. The van der Waals surface area contributed by atoms with E-state index in [1.165, 1.54) is 12.1 Å². The second-order valence-corrected chi connectivity index (χ2v) is 9.74. The minimum atomic E-state index is -1.14. The van der Waals surface area contributed by atoms with Gasteiger partial charge in [0.15, 0.2) is 0 Å². The molecule has 0 bridgehead atoms. The Balaban J connectivity index is 1.38. The van der Waals surface area contributed by atoms with Gasteiger partial charge < -0.3 is 20.6 Å². The van der Waals surface area contributed by atoms with Crippen molar-refractivity contribution in [3.8, 4) is 11.3 Å². The second-order valence-electron chi connectivity index (χ2n) is 9.74. The summed E-state index contributed by atoms with van der Waals surface area (Å²) in [5.41, 5.74) is 1.55. The molecule has 3 N–H and O–H groups in total. The number of nitrogens with zero attached hydrogens (tertiary/aromatic N) is 6. The number of benzene rings is 1. The number of carboxylic acid groups (broad SMARTS) is 1. The van der Waals surface area contributed by atoms with Crippen molar-refractivity contribution < 1.29 is 23.1 Å². The number of aromatic nitrogens is 5. The van der Waals surface area contributed by atoms with E-state index in [1.807, 2.05) is 24.8 Å². The molecule has 1 amide bonds. The molecule has 0 radical (unpaired) electrons. The molecule has 0 spiro atoms. The molecule has 1 aromatic carbocycles. The summed E-state index contributed by atoms with van der Waals surface area (Å²) in [4.78, 5) is 22.1. The first-order chi connectivity index (χ1) is 19.2. The lowest BCUT2D eigenvalue weighted by Gasteiger charge is -2.43. The number of nitrogens with one attached hydrogen (secondary N) is 2. The molecule has 40 heavy (non-hydrogen) atoms. The Kier molecular flexibility index (Phi) is 7.54. The summed E-state index contributed by atoms with van der Waals surface area (Å²) in [5.74, 6) is -2.67. The fourth-order valence-corrected chi connectivity index (χ4v) is 5.18. The van der Waals surface area contributed by atoms with Gasteiger partial charge in [-0.3, -0.25) is 4.98 Å². The van der Waals surface area contributed by atoms with Crippen molar-refractivity contribution >= 4 is 17.5 Å². The van der Waals surface area contributed by atoms with Crippen LogP contribution in [-0.4, -0.2) is 55.3 Å². The summed E-state index contributed by atoms with van der Waals surface area (Å²) < 4.78 is 44.8. The number of hydrogen-bond acceptors (Lipinski definition) is 7. The maximum Gasteiger partial charge on any atom is 0.405 e. The van der Waals surface area contributed by atoms with Gasteiger partial charge in [-0.1, -0.05) is 18.2 Å². The number of pyridine rings is 2. The van der Waals surface area contributed by atoms with Crippen LogP contribution in [-0.2, 0) is 6.54 Å². The van der Waals surface area contributed by atoms with Gasteiger partial charge >= 0.3 is 6.09 Å². The number of carbonyl (C=O) groups is 1. The van der Waals surface area contributed by atoms with Crippen molar-refractivity contribution in [2.24, 2.45) is 5.92 Å². The Morgan fingerprint density at radius 3 is 2.58 bits per heavy atom. The molecule has 208 valence electrons. The summed E-state index contributed by atoms with van der Waals surface area (Å²) in [7, 11) is 0. The molecule has 0 saturated carbocycles. The highest BCUT2D eigenvalue weighted by atomic mass is 19.1. The molecule has 1 fully saturated rings. The first-order valence-electron chi connectivity index (χ1n) is 12.6. The number of aryl methyl sites for hydroxylation is 1. The molecule has 13 heteroatoms. The highest BCUT2D eigenvalue weighted by Crippen LogP contribution is 2.34. The summed E-state index contributed by atoms with van der Waals surface area (Å²) in [6.45, 7) is 4.90. The monoisotopic (exact) mass is 552 g/mol. The van der Waals surface area contributed by atoms with Crippen LogP contribution < -0.4 is 15.5 Å². The van der Waals surface area contributed by atoms with Gasteiger partial charge in [0.2, 0.25) is 0 Å². The van der Waals surface area contributed by atoms with Gasteiger partial charge in [0.1, 0.15) is 23.1 Å². The molecule has 4 heterocycles. The van der Waals surface area contributed by atoms with E-state index in [2.05, 4.69) is 30.9 Å². The van der Waals surface area contributed by atoms with Crippen LogP contribution in [0.4, 0.5) is 29.3 Å². The summed E-state index contributed by atoms with van der Waals surface area (Å²) in [6.07, 6.45) is 3.91. The van der Waals surface area contributed by atoms with E-state index in [0.717, 1.165) is 29.6 Å². The molecular weight excluding hydrogens is 525 g/mol. The third kappa shape index (κ3) is 5.53. The molecule has 0 aliphatic carbocycles. The maximum absolute atomic E-state index is 14.5. The van der Waals surface area contributed by atoms with Crippen LogP contribution in [0, 0.1) is 30.3 Å². The predicted molar refractivity (Wildman–Crippen MR) is 141 cm³/mol. The normalized spacial score (nSPS) is 18.9. The van der Waals surface area contributed by atoms with Gasteiger partial charge in [0.25, 0.3) is 0 Å². The fourth-order valence-electron chi connectivity index (χ4n) is 5.18. The van der Waals surface area contributed by atoms with Crippen LogP contribution >= 0.6 is 0 Å². The first kappa shape index (κ1) is 26.9. The Bertz CT molecular complexity index is 1510. The highest BCUT2D eigenvalue weighted by Gasteiger charge is 2.38. The zero-order valence-electron chi connectivity index (χ0n) is 21.7. The molecule has 1 aliphatic rings. The van der Waals surface area contributed by atoms with Crippen molar-refractivity contribution in [3.63, 3.8) is 0 Å². The van der Waals surface area contributed by atoms with Gasteiger partial charge in [-0.05, 0) is 43.2 Å². The Morgan fingerprint density at radius 2 is 1.88 bits per heavy atom. The van der Waals surface area contributed by atoms with E-state index < -0.39 is 40.8 Å². The minimum Gasteiger partial charge on any atom is -0.465 e. The number of piperidine rings is 1. The molecular formula is C27H27F3N8O2. The van der Waals surface area contributed by atoms with Crippen LogP contribution in [0.25, 0.3) is 11.3 Å². The maximum atomic E-state index is 14.5. The molecule has 4 aromatic rings. The van der Waals surface area contributed by atoms with E-state index >= 15 is 0 Å². The van der Waals surface area contributed by atoms with Gasteiger partial charge in [-0.15, -0.1) is 5.10 Å². The van der Waals surface area contributed by atoms with Crippen LogP contribution in [0.2, 0.25) is 0 Å². The fraction of sp³-hybridized carbons (Fsp3) is 0.296. The number of hydrogen-bond donors (Lipinski definition) is 3. The quantitative estimate of drug-likeness (QED) is 0.309. The lowest BCUT2D eigenvalue weighted by atomic mass is 9.89. The predicted octanol–water partition coefficient (Wildman–Crippen LogP) is 4.41. The van der Waals surface area contributed by atoms with Crippen molar-refractivity contribution in [3.05, 3.63) is 83.8 Å². The molecule has 0 unspecified atom stereocenters. The zero-order valence-corrected chi connectivity index (χ0v) is 21.7. The molecule has 1 saturated heterocycles. The smallest absolute Gasteiger partial charge is 0.405 e. The summed E-state index contributed by atoms with van der Waals surface area (Å²) in [6, 6.07) is 6.93. The Morgan fingerprint density at radius 1 is 1.10 bits per heavy atom. The lowest BCUT2D eigenvalue weighted by molar-refractivity contribution is 0.167. The molecule has 1 aliphatic heterocycles. The number of amides is 1. The average molecular weight is 553 g/mol. The van der Waals surface area contributed by atoms with Crippen LogP contribution in [0.5, 0.6) is 0 Å². The third-order valence-corrected chi connectivity index (χ3v) is 6.86. The summed E-state index contributed by atoms with van der Waals surface area (Å²) >= 11 is 0. The van der Waals surface area contributed by atoms with E-state index in [9.17, 15) is 23.1 Å². The second kappa shape index (κ2) is 11.2. The van der Waals surface area contributed by atoms with Crippen molar-refractivity contribution in [1.29, 1.82) is 0 Å². The van der Waals surface area contributed by atoms with E-state index in [4.69, 9.17) is 0 Å². The number of halogens is 3. The number of rotatable bonds is 7. The van der Waals surface area contributed by atoms with Crippen molar-refractivity contribution in [1.82, 2.24) is 30.3 Å². The van der Waals surface area contributed by atoms with E-state index in [-0.39, 0.29) is 18.5 Å². The van der Waals surface area contributed by atoms with Gasteiger partial charge in [-0.25, -0.2) is 27.6 Å². The van der Waals surface area contributed by atoms with Crippen LogP contribution in [0.15, 0.2) is 55.0 Å². The van der Waals surface area contributed by atoms with Gasteiger partial charge in [0.05, 0.1) is 53.2 Å². The largest absolute Gasteiger partial charge is 0.465 e. The highest BCUT2D eigenvalue weighted by molar-refractivity contribution is 5.70. The zero-order chi connectivity index (χ0) is 28.4. The summed E-state index contributed by atoms with van der Waals surface area (Å²) in [5, 5.41) is 23.6. The molecule has 10 nitrogen and oxygen atoms in total. The topological polar surface area (TPSA) is 121 Å². The Hall–Kier alpha value is -4.68. The van der Waals surface area contributed by atoms with Crippen molar-refractivity contribution in [2.45, 2.75) is 32.5 Å². The lowest BCUT2D eigenvalue weighted by Crippen LogP contribution is -2.56. The standard InChI is InChI=1S/C27H27F3N8O2/c1-15-12-37(14-22(34-27(39)40)26(15)38-13-16(2)35-36-38)23-8-9-31-11-21(23)32-10-17-6-7-20(30)25(33-17)24-18(28)4-3-5-19(24)29/h3-9,11,13,15,22,26,32,34H,10,12,14H2,1-2H3,(H,39,40)/t15-,22+,26-/m0/s1. The van der Waals surface area contributed by atoms with Crippen molar-refractivity contribution in [2.75, 3.05) is 23.3 Å². The molecule has 5 rings (SSSR count). The average Bonchev–Trinajstić information content (AvgIpc) is 3.33. The van der Waals surface area contributed by atoms with Gasteiger partial charge in [-0.2, -0.15) is 0 Å². The first-order valence-corrected chi connectivity index (χ1v) is 12.6. The third-order valence-electron chi connectivity index (χ3n) is 6.86. The van der Waals surface area contributed by atoms with E-state index in [0.29, 0.717) is 24.5 Å². The SMILES string of the molecule is Cc1cn([C@H]2[C@@H](C)CN(c3ccncc3NCc3ccc(F)c(-c4c(F)cccc4F)n3)C[C@H]2NC(=O)O)nn1. The Labute approximate surface area is 227 Å². The van der Waals surface area contributed by atoms with Crippen LogP contribution in [0.1, 0.15) is 24.4 Å². The van der Waals surface area contributed by atoms with E-state index in [1.54, 1.807) is 23.3 Å². The minimum absolute atomic E-state index is 0.00953. The van der Waals surface area contributed by atoms with Gasteiger partial charge in [0, 0.05) is 25.5 Å².